The molecule has 1 atom stereocenters. The molecule has 0 saturated carbocycles. The van der Waals surface area contributed by atoms with Crippen molar-refractivity contribution in [3.8, 4) is 11.1 Å². The second-order valence-corrected chi connectivity index (χ2v) is 12.3. The maximum absolute atomic E-state index is 2.48. The molecule has 0 radical (unpaired) electrons. The lowest BCUT2D eigenvalue weighted by atomic mass is 9.82. The zero-order valence-electron chi connectivity index (χ0n) is 21.4. The number of rotatable bonds is 3. The predicted octanol–water partition coefficient (Wildman–Crippen LogP) is 9.37. The van der Waals surface area contributed by atoms with E-state index in [1.54, 1.807) is 0 Å². The molecule has 0 aliphatic heterocycles. The van der Waals surface area contributed by atoms with Gasteiger partial charge in [-0.3, -0.25) is 0 Å². The van der Waals surface area contributed by atoms with Crippen LogP contribution in [0.3, 0.4) is 0 Å². The summed E-state index contributed by atoms with van der Waals surface area (Å²) in [5.41, 5.74) is 13.6. The smallest absolute Gasteiger partial charge is 0.0102 e. The first-order valence-corrected chi connectivity index (χ1v) is 12.6. The quantitative estimate of drug-likeness (QED) is 0.385. The summed E-state index contributed by atoms with van der Waals surface area (Å²) in [6.07, 6.45) is 4.78. The van der Waals surface area contributed by atoms with Crippen molar-refractivity contribution in [2.45, 2.75) is 84.0 Å². The maximum atomic E-state index is 2.48. The average Bonchev–Trinajstić information content (AvgIpc) is 3.24. The first-order chi connectivity index (χ1) is 15.5. The van der Waals surface area contributed by atoms with E-state index in [0.29, 0.717) is 11.8 Å². The van der Waals surface area contributed by atoms with Crippen LogP contribution in [0.25, 0.3) is 17.2 Å². The third kappa shape index (κ3) is 3.88. The number of hydrogen-bond acceptors (Lipinski definition) is 0. The van der Waals surface area contributed by atoms with Gasteiger partial charge in [0.1, 0.15) is 0 Å². The van der Waals surface area contributed by atoms with E-state index in [1.807, 2.05) is 0 Å². The van der Waals surface area contributed by atoms with Crippen molar-refractivity contribution in [1.29, 1.82) is 0 Å². The number of benzene rings is 3. The third-order valence-electron chi connectivity index (χ3n) is 7.93. The van der Waals surface area contributed by atoms with Crippen molar-refractivity contribution in [3.63, 3.8) is 0 Å². The lowest BCUT2D eigenvalue weighted by Gasteiger charge is -2.22. The van der Waals surface area contributed by atoms with Crippen LogP contribution in [0.5, 0.6) is 0 Å². The Kier molecular flexibility index (Phi) is 5.20. The molecule has 0 nitrogen and oxygen atoms in total. The second kappa shape index (κ2) is 7.73. The van der Waals surface area contributed by atoms with Gasteiger partial charge in [-0.05, 0) is 75.1 Å². The lowest BCUT2D eigenvalue weighted by Crippen LogP contribution is -2.11. The molecular weight excluding hydrogens is 396 g/mol. The van der Waals surface area contributed by atoms with E-state index in [2.05, 4.69) is 115 Å². The number of allylic oxidation sites excluding steroid dienone is 1. The van der Waals surface area contributed by atoms with E-state index < -0.39 is 0 Å². The van der Waals surface area contributed by atoms with Gasteiger partial charge in [-0.2, -0.15) is 0 Å². The standard InChI is InChI=1S/C33H38/c1-21-18-22-10-8-9-11-26(22)25(21)16-17-27-28-14-12-23(32(2,3)4)19-30(28)31-20-24(33(5,6)7)13-15-29(27)31/h8-15,18-20,25,27H,16-17H2,1-7H3. The van der Waals surface area contributed by atoms with Crippen molar-refractivity contribution in [2.75, 3.05) is 0 Å². The fourth-order valence-electron chi connectivity index (χ4n) is 5.87. The number of fused-ring (bicyclic) bond motifs is 4. The molecule has 2 aliphatic rings. The van der Waals surface area contributed by atoms with E-state index in [1.165, 1.54) is 62.9 Å². The molecule has 0 N–H and O–H groups in total. The molecule has 0 heteroatoms. The molecule has 33 heavy (non-hydrogen) atoms. The highest BCUT2D eigenvalue weighted by molar-refractivity contribution is 5.80. The lowest BCUT2D eigenvalue weighted by molar-refractivity contribution is 0.589. The molecule has 5 rings (SSSR count). The van der Waals surface area contributed by atoms with Crippen molar-refractivity contribution < 1.29 is 0 Å². The van der Waals surface area contributed by atoms with Crippen LogP contribution in [-0.4, -0.2) is 0 Å². The fourth-order valence-corrected chi connectivity index (χ4v) is 5.87. The van der Waals surface area contributed by atoms with Crippen LogP contribution in [0.4, 0.5) is 0 Å². The SMILES string of the molecule is CC1=Cc2ccccc2C1CCC1c2ccc(C(C)(C)C)cc2-c2cc(C(C)(C)C)ccc21. The Morgan fingerprint density at radius 1 is 0.606 bits per heavy atom. The molecule has 3 aromatic rings. The fraction of sp³-hybridized carbons (Fsp3) is 0.394. The minimum absolute atomic E-state index is 0.157. The van der Waals surface area contributed by atoms with Crippen LogP contribution in [0.15, 0.2) is 66.2 Å². The molecule has 1 unspecified atom stereocenters. The Labute approximate surface area is 200 Å². The largest absolute Gasteiger partial charge is 0.0652 e. The topological polar surface area (TPSA) is 0 Å². The third-order valence-corrected chi connectivity index (χ3v) is 7.93. The van der Waals surface area contributed by atoms with Crippen molar-refractivity contribution >= 4 is 6.08 Å². The zero-order chi connectivity index (χ0) is 23.5. The molecule has 0 aromatic heterocycles. The molecule has 0 bridgehead atoms. The van der Waals surface area contributed by atoms with Gasteiger partial charge in [0.05, 0.1) is 0 Å². The van der Waals surface area contributed by atoms with Gasteiger partial charge >= 0.3 is 0 Å². The average molecular weight is 435 g/mol. The van der Waals surface area contributed by atoms with Gasteiger partial charge in [0, 0.05) is 11.8 Å². The van der Waals surface area contributed by atoms with Gasteiger partial charge < -0.3 is 0 Å². The Balaban J connectivity index is 1.54. The van der Waals surface area contributed by atoms with Gasteiger partial charge in [-0.15, -0.1) is 0 Å². The van der Waals surface area contributed by atoms with Gasteiger partial charge in [0.2, 0.25) is 0 Å². The molecule has 0 heterocycles. The summed E-state index contributed by atoms with van der Waals surface area (Å²) in [4.78, 5) is 0. The van der Waals surface area contributed by atoms with Crippen molar-refractivity contribution in [3.05, 3.63) is 99.6 Å². The predicted molar refractivity (Wildman–Crippen MR) is 143 cm³/mol. The molecular formula is C33H38. The molecule has 3 aromatic carbocycles. The Morgan fingerprint density at radius 2 is 1.12 bits per heavy atom. The van der Waals surface area contributed by atoms with Crippen LogP contribution in [0.2, 0.25) is 0 Å². The molecule has 0 spiro atoms. The monoisotopic (exact) mass is 434 g/mol. The first-order valence-electron chi connectivity index (χ1n) is 12.6. The van der Waals surface area contributed by atoms with E-state index in [9.17, 15) is 0 Å². The van der Waals surface area contributed by atoms with E-state index in [0.717, 1.165) is 0 Å². The Morgan fingerprint density at radius 3 is 1.67 bits per heavy atom. The normalized spacial score (nSPS) is 17.5. The summed E-state index contributed by atoms with van der Waals surface area (Å²) in [5, 5.41) is 0. The summed E-state index contributed by atoms with van der Waals surface area (Å²) >= 11 is 0. The summed E-state index contributed by atoms with van der Waals surface area (Å²) < 4.78 is 0. The minimum atomic E-state index is 0.157. The van der Waals surface area contributed by atoms with Crippen LogP contribution >= 0.6 is 0 Å². The van der Waals surface area contributed by atoms with E-state index in [-0.39, 0.29) is 10.8 Å². The van der Waals surface area contributed by atoms with Gasteiger partial charge in [0.15, 0.2) is 0 Å². The highest BCUT2D eigenvalue weighted by Crippen LogP contribution is 2.51. The highest BCUT2D eigenvalue weighted by atomic mass is 14.4. The molecule has 0 amide bonds. The van der Waals surface area contributed by atoms with Crippen LogP contribution in [0, 0.1) is 0 Å². The molecule has 0 saturated heterocycles. The summed E-state index contributed by atoms with van der Waals surface area (Å²) in [6.45, 7) is 16.2. The molecule has 170 valence electrons. The van der Waals surface area contributed by atoms with Crippen molar-refractivity contribution in [1.82, 2.24) is 0 Å². The van der Waals surface area contributed by atoms with Crippen LogP contribution in [-0.2, 0) is 10.8 Å². The summed E-state index contributed by atoms with van der Waals surface area (Å²) in [5.74, 6) is 1.04. The van der Waals surface area contributed by atoms with Crippen LogP contribution < -0.4 is 0 Å². The highest BCUT2D eigenvalue weighted by Gasteiger charge is 2.32. The Bertz CT molecular complexity index is 1180. The van der Waals surface area contributed by atoms with E-state index >= 15 is 0 Å². The molecule has 0 fully saturated rings. The van der Waals surface area contributed by atoms with Gasteiger partial charge in [0.25, 0.3) is 0 Å². The minimum Gasteiger partial charge on any atom is -0.0652 e. The first kappa shape index (κ1) is 22.2. The number of hydrogen-bond donors (Lipinski definition) is 0. The summed E-state index contributed by atoms with van der Waals surface area (Å²) in [7, 11) is 0. The van der Waals surface area contributed by atoms with Gasteiger partial charge in [-0.25, -0.2) is 0 Å². The maximum Gasteiger partial charge on any atom is 0.0102 e. The second-order valence-electron chi connectivity index (χ2n) is 12.3. The Hall–Kier alpha value is -2.60. The van der Waals surface area contributed by atoms with E-state index in [4.69, 9.17) is 0 Å². The van der Waals surface area contributed by atoms with Crippen molar-refractivity contribution in [2.24, 2.45) is 0 Å². The van der Waals surface area contributed by atoms with Crippen LogP contribution in [0.1, 0.15) is 107 Å². The van der Waals surface area contributed by atoms with Gasteiger partial charge in [-0.1, -0.05) is 114 Å². The summed E-state index contributed by atoms with van der Waals surface area (Å²) in [6, 6.07) is 23.5. The zero-order valence-corrected chi connectivity index (χ0v) is 21.4. The molecule has 2 aliphatic carbocycles.